The monoisotopic (exact) mass is 244 g/mol. The molecule has 3 N–H and O–H groups in total. The van der Waals surface area contributed by atoms with Crippen LogP contribution in [0, 0.1) is 11.6 Å². The summed E-state index contributed by atoms with van der Waals surface area (Å²) in [4.78, 5) is 10.3. The highest BCUT2D eigenvalue weighted by Crippen LogP contribution is 2.17. The summed E-state index contributed by atoms with van der Waals surface area (Å²) in [6.45, 7) is 2.16. The topological polar surface area (TPSA) is 64.3 Å². The van der Waals surface area contributed by atoms with Crippen LogP contribution in [0.1, 0.15) is 18.5 Å². The van der Waals surface area contributed by atoms with Crippen molar-refractivity contribution < 1.29 is 18.3 Å². The summed E-state index contributed by atoms with van der Waals surface area (Å²) in [6.07, 6.45) is -0.854. The van der Waals surface area contributed by atoms with E-state index >= 15 is 0 Å². The van der Waals surface area contributed by atoms with E-state index in [1.165, 1.54) is 12.1 Å². The first-order valence-corrected chi connectivity index (χ1v) is 5.11. The molecular weight excluding hydrogens is 230 g/mol. The molecule has 1 atom stereocenters. The SMILES string of the molecule is CC(NCCOC(N)=O)c1ccc(F)cc1F. The molecule has 94 valence electrons. The third kappa shape index (κ3) is 4.36. The third-order valence-corrected chi connectivity index (χ3v) is 2.23. The number of nitrogens with two attached hydrogens (primary N) is 1. The van der Waals surface area contributed by atoms with E-state index in [4.69, 9.17) is 5.73 Å². The van der Waals surface area contributed by atoms with Crippen LogP contribution in [0.2, 0.25) is 0 Å². The molecule has 6 heteroatoms. The Morgan fingerprint density at radius 3 is 2.82 bits per heavy atom. The highest BCUT2D eigenvalue weighted by atomic mass is 19.1. The van der Waals surface area contributed by atoms with Crippen molar-refractivity contribution in [2.75, 3.05) is 13.2 Å². The van der Waals surface area contributed by atoms with Crippen LogP contribution < -0.4 is 11.1 Å². The second kappa shape index (κ2) is 6.15. The number of hydrogen-bond acceptors (Lipinski definition) is 3. The van der Waals surface area contributed by atoms with Gasteiger partial charge in [0, 0.05) is 24.2 Å². The number of amides is 1. The molecular formula is C11H14F2N2O2. The van der Waals surface area contributed by atoms with Crippen molar-refractivity contribution in [3.05, 3.63) is 35.4 Å². The number of carbonyl (C=O) groups is 1. The quantitative estimate of drug-likeness (QED) is 0.775. The normalized spacial score (nSPS) is 12.2. The first kappa shape index (κ1) is 13.4. The highest BCUT2D eigenvalue weighted by molar-refractivity contribution is 5.64. The summed E-state index contributed by atoms with van der Waals surface area (Å²) in [5.74, 6) is -1.23. The summed E-state index contributed by atoms with van der Waals surface area (Å²) in [7, 11) is 0. The molecule has 0 spiro atoms. The summed E-state index contributed by atoms with van der Waals surface area (Å²) in [6, 6.07) is 3.08. The number of rotatable bonds is 5. The van der Waals surface area contributed by atoms with Crippen LogP contribution in [0.4, 0.5) is 13.6 Å². The van der Waals surface area contributed by atoms with Gasteiger partial charge in [0.05, 0.1) is 0 Å². The number of carbonyl (C=O) groups excluding carboxylic acids is 1. The van der Waals surface area contributed by atoms with Crippen molar-refractivity contribution in [2.45, 2.75) is 13.0 Å². The van der Waals surface area contributed by atoms with Crippen molar-refractivity contribution in [3.8, 4) is 0 Å². The molecule has 0 saturated carbocycles. The molecule has 0 aliphatic carbocycles. The Morgan fingerprint density at radius 1 is 1.53 bits per heavy atom. The molecule has 0 heterocycles. The average Bonchev–Trinajstić information content (AvgIpc) is 2.23. The van der Waals surface area contributed by atoms with Gasteiger partial charge in [-0.25, -0.2) is 13.6 Å². The van der Waals surface area contributed by atoms with Gasteiger partial charge in [-0.1, -0.05) is 6.07 Å². The van der Waals surface area contributed by atoms with E-state index in [1.54, 1.807) is 6.92 Å². The van der Waals surface area contributed by atoms with Gasteiger partial charge >= 0.3 is 6.09 Å². The maximum atomic E-state index is 13.4. The van der Waals surface area contributed by atoms with Crippen molar-refractivity contribution in [1.29, 1.82) is 0 Å². The van der Waals surface area contributed by atoms with Crippen LogP contribution in [0.25, 0.3) is 0 Å². The predicted molar refractivity (Wildman–Crippen MR) is 58.3 cm³/mol. The Balaban J connectivity index is 2.46. The smallest absolute Gasteiger partial charge is 0.404 e. The van der Waals surface area contributed by atoms with Gasteiger partial charge in [0.15, 0.2) is 0 Å². The van der Waals surface area contributed by atoms with Gasteiger partial charge in [-0.15, -0.1) is 0 Å². The molecule has 0 aliphatic rings. The minimum atomic E-state index is -0.854. The second-order valence-electron chi connectivity index (χ2n) is 3.51. The summed E-state index contributed by atoms with van der Waals surface area (Å²) in [5, 5.41) is 2.92. The van der Waals surface area contributed by atoms with Gasteiger partial charge < -0.3 is 15.8 Å². The van der Waals surface area contributed by atoms with Gasteiger partial charge in [-0.2, -0.15) is 0 Å². The molecule has 0 aromatic heterocycles. The number of ether oxygens (including phenoxy) is 1. The van der Waals surface area contributed by atoms with Crippen LogP contribution in [0.15, 0.2) is 18.2 Å². The van der Waals surface area contributed by atoms with E-state index in [0.717, 1.165) is 6.07 Å². The van der Waals surface area contributed by atoms with Crippen LogP contribution in [0.3, 0.4) is 0 Å². The minimum absolute atomic E-state index is 0.0997. The zero-order valence-electron chi connectivity index (χ0n) is 9.37. The number of benzene rings is 1. The van der Waals surface area contributed by atoms with Crippen LogP contribution >= 0.6 is 0 Å². The number of hydrogen-bond donors (Lipinski definition) is 2. The molecule has 17 heavy (non-hydrogen) atoms. The fourth-order valence-corrected chi connectivity index (χ4v) is 1.39. The third-order valence-electron chi connectivity index (χ3n) is 2.23. The van der Waals surface area contributed by atoms with Gasteiger partial charge in [0.1, 0.15) is 18.2 Å². The fraction of sp³-hybridized carbons (Fsp3) is 0.364. The van der Waals surface area contributed by atoms with E-state index in [0.29, 0.717) is 12.1 Å². The zero-order valence-corrected chi connectivity index (χ0v) is 9.37. The molecule has 0 aliphatic heterocycles. The lowest BCUT2D eigenvalue weighted by Crippen LogP contribution is -2.26. The number of halogens is 2. The van der Waals surface area contributed by atoms with E-state index in [-0.39, 0.29) is 12.6 Å². The summed E-state index contributed by atoms with van der Waals surface area (Å²) in [5.41, 5.74) is 5.12. The number of primary amides is 1. The Hall–Kier alpha value is -1.69. The Kier molecular flexibility index (Phi) is 4.84. The lowest BCUT2D eigenvalue weighted by atomic mass is 10.1. The fourth-order valence-electron chi connectivity index (χ4n) is 1.39. The van der Waals surface area contributed by atoms with E-state index in [2.05, 4.69) is 10.1 Å². The maximum Gasteiger partial charge on any atom is 0.404 e. The van der Waals surface area contributed by atoms with Crippen LogP contribution in [0.5, 0.6) is 0 Å². The number of nitrogens with one attached hydrogen (secondary N) is 1. The molecule has 1 unspecified atom stereocenters. The molecule has 0 saturated heterocycles. The molecule has 1 rings (SSSR count). The molecule has 1 amide bonds. The Labute approximate surface area is 97.8 Å². The summed E-state index contributed by atoms with van der Waals surface area (Å²) >= 11 is 0. The predicted octanol–water partition coefficient (Wildman–Crippen LogP) is 1.71. The van der Waals surface area contributed by atoms with Crippen LogP contribution in [-0.2, 0) is 4.74 Å². The highest BCUT2D eigenvalue weighted by Gasteiger charge is 2.10. The largest absolute Gasteiger partial charge is 0.448 e. The molecule has 0 bridgehead atoms. The first-order valence-electron chi connectivity index (χ1n) is 5.11. The summed E-state index contributed by atoms with van der Waals surface area (Å²) < 4.78 is 30.5. The van der Waals surface area contributed by atoms with Gasteiger partial charge in [-0.3, -0.25) is 0 Å². The minimum Gasteiger partial charge on any atom is -0.448 e. The molecule has 1 aromatic carbocycles. The molecule has 0 radical (unpaired) electrons. The molecule has 0 fully saturated rings. The van der Waals surface area contributed by atoms with E-state index in [9.17, 15) is 13.6 Å². The van der Waals surface area contributed by atoms with Crippen molar-refractivity contribution in [1.82, 2.24) is 5.32 Å². The van der Waals surface area contributed by atoms with Crippen molar-refractivity contribution in [3.63, 3.8) is 0 Å². The lowest BCUT2D eigenvalue weighted by Gasteiger charge is -2.14. The van der Waals surface area contributed by atoms with Crippen LogP contribution in [-0.4, -0.2) is 19.2 Å². The van der Waals surface area contributed by atoms with Crippen molar-refractivity contribution in [2.24, 2.45) is 5.73 Å². The molecule has 4 nitrogen and oxygen atoms in total. The second-order valence-corrected chi connectivity index (χ2v) is 3.51. The maximum absolute atomic E-state index is 13.4. The lowest BCUT2D eigenvalue weighted by molar-refractivity contribution is 0.156. The average molecular weight is 244 g/mol. The first-order chi connectivity index (χ1) is 8.00. The Bertz CT molecular complexity index is 399. The van der Waals surface area contributed by atoms with Gasteiger partial charge in [-0.05, 0) is 13.0 Å². The standard InChI is InChI=1S/C11H14F2N2O2/c1-7(15-4-5-17-11(14)16)9-3-2-8(12)6-10(9)13/h2-3,6-7,15H,4-5H2,1H3,(H2,14,16). The Morgan fingerprint density at radius 2 is 2.24 bits per heavy atom. The van der Waals surface area contributed by atoms with Gasteiger partial charge in [0.2, 0.25) is 0 Å². The van der Waals surface area contributed by atoms with E-state index in [1.807, 2.05) is 0 Å². The van der Waals surface area contributed by atoms with E-state index < -0.39 is 17.7 Å². The molecule has 1 aromatic rings. The van der Waals surface area contributed by atoms with Crippen molar-refractivity contribution >= 4 is 6.09 Å². The van der Waals surface area contributed by atoms with Gasteiger partial charge in [0.25, 0.3) is 0 Å². The zero-order chi connectivity index (χ0) is 12.8.